The summed E-state index contributed by atoms with van der Waals surface area (Å²) in [4.78, 5) is 32.6. The van der Waals surface area contributed by atoms with E-state index >= 15 is 0 Å². The van der Waals surface area contributed by atoms with Crippen LogP contribution in [-0.4, -0.2) is 33.9 Å². The van der Waals surface area contributed by atoms with E-state index in [0.717, 1.165) is 5.69 Å². The molecule has 6 heteroatoms. The second-order valence-corrected chi connectivity index (χ2v) is 5.34. The molecule has 0 atom stereocenters. The Morgan fingerprint density at radius 1 is 1.32 bits per heavy atom. The normalized spacial score (nSPS) is 14.3. The Hall–Kier alpha value is -2.50. The van der Waals surface area contributed by atoms with Crippen LogP contribution in [0.15, 0.2) is 35.4 Å². The van der Waals surface area contributed by atoms with Gasteiger partial charge in [0.05, 0.1) is 18.4 Å². The van der Waals surface area contributed by atoms with Gasteiger partial charge in [-0.25, -0.2) is 9.37 Å². The topological polar surface area (TPSA) is 66.1 Å². The van der Waals surface area contributed by atoms with Gasteiger partial charge in [-0.15, -0.1) is 0 Å². The predicted molar refractivity (Wildman–Crippen MR) is 78.9 cm³/mol. The average molecular weight is 301 g/mol. The third-order valence-corrected chi connectivity index (χ3v) is 3.89. The van der Waals surface area contributed by atoms with E-state index in [0.29, 0.717) is 37.1 Å². The molecule has 0 radical (unpaired) electrons. The van der Waals surface area contributed by atoms with Gasteiger partial charge in [-0.1, -0.05) is 12.1 Å². The Balaban J connectivity index is 1.71. The first kappa shape index (κ1) is 14.4. The third kappa shape index (κ3) is 3.05. The lowest BCUT2D eigenvalue weighted by molar-refractivity contribution is -0.130. The molecule has 0 aliphatic carbocycles. The maximum atomic E-state index is 13.2. The van der Waals surface area contributed by atoms with Gasteiger partial charge in [0.25, 0.3) is 5.56 Å². The van der Waals surface area contributed by atoms with Gasteiger partial charge in [0.15, 0.2) is 0 Å². The summed E-state index contributed by atoms with van der Waals surface area (Å²) in [6, 6.07) is 6.06. The SMILES string of the molecule is O=C(Cc1cccc(F)c1)N1CCc2nc[nH]c(=O)c2CC1. The lowest BCUT2D eigenvalue weighted by atomic mass is 10.1. The summed E-state index contributed by atoms with van der Waals surface area (Å²) in [5.74, 6) is -0.404. The number of halogens is 1. The molecule has 5 nitrogen and oxygen atoms in total. The number of rotatable bonds is 2. The minimum atomic E-state index is -0.343. The van der Waals surface area contributed by atoms with Gasteiger partial charge < -0.3 is 9.88 Å². The first-order valence-electron chi connectivity index (χ1n) is 7.21. The zero-order valence-electron chi connectivity index (χ0n) is 12.0. The molecule has 1 aromatic carbocycles. The number of nitrogens with one attached hydrogen (secondary N) is 1. The highest BCUT2D eigenvalue weighted by Crippen LogP contribution is 2.12. The molecule has 1 aliphatic rings. The van der Waals surface area contributed by atoms with Crippen molar-refractivity contribution in [3.05, 3.63) is 63.6 Å². The van der Waals surface area contributed by atoms with Crippen LogP contribution in [-0.2, 0) is 24.1 Å². The molecule has 0 fully saturated rings. The number of aromatic amines is 1. The summed E-state index contributed by atoms with van der Waals surface area (Å²) in [6.07, 6.45) is 2.62. The third-order valence-electron chi connectivity index (χ3n) is 3.89. The maximum absolute atomic E-state index is 13.2. The molecule has 22 heavy (non-hydrogen) atoms. The average Bonchev–Trinajstić information content (AvgIpc) is 2.71. The number of nitrogens with zero attached hydrogens (tertiary/aromatic N) is 2. The number of amides is 1. The van der Waals surface area contributed by atoms with Crippen LogP contribution >= 0.6 is 0 Å². The van der Waals surface area contributed by atoms with Gasteiger partial charge in [-0.05, 0) is 24.1 Å². The van der Waals surface area contributed by atoms with Crippen molar-refractivity contribution in [2.45, 2.75) is 19.3 Å². The van der Waals surface area contributed by atoms with Crippen LogP contribution in [0.5, 0.6) is 0 Å². The Morgan fingerprint density at radius 3 is 2.95 bits per heavy atom. The van der Waals surface area contributed by atoms with Gasteiger partial charge in [0, 0.05) is 25.1 Å². The lowest BCUT2D eigenvalue weighted by Crippen LogP contribution is -2.34. The zero-order valence-corrected chi connectivity index (χ0v) is 12.0. The molecular weight excluding hydrogens is 285 g/mol. The molecule has 3 rings (SSSR count). The quantitative estimate of drug-likeness (QED) is 0.902. The summed E-state index contributed by atoms with van der Waals surface area (Å²) in [5, 5.41) is 0. The number of benzene rings is 1. The van der Waals surface area contributed by atoms with Gasteiger partial charge in [-0.2, -0.15) is 0 Å². The molecule has 2 aromatic rings. The molecule has 1 N–H and O–H groups in total. The van der Waals surface area contributed by atoms with E-state index in [1.807, 2.05) is 0 Å². The monoisotopic (exact) mass is 301 g/mol. The molecule has 0 unspecified atom stereocenters. The van der Waals surface area contributed by atoms with Crippen LogP contribution in [0.1, 0.15) is 16.8 Å². The van der Waals surface area contributed by atoms with E-state index in [9.17, 15) is 14.0 Å². The molecule has 0 spiro atoms. The largest absolute Gasteiger partial charge is 0.342 e. The number of carbonyl (C=O) groups excluding carboxylic acids is 1. The summed E-state index contributed by atoms with van der Waals surface area (Å²) in [6.45, 7) is 1.01. The second kappa shape index (κ2) is 6.09. The van der Waals surface area contributed by atoms with Crippen molar-refractivity contribution in [3.8, 4) is 0 Å². The van der Waals surface area contributed by atoms with Crippen molar-refractivity contribution in [2.75, 3.05) is 13.1 Å². The van der Waals surface area contributed by atoms with E-state index in [-0.39, 0.29) is 23.7 Å². The minimum Gasteiger partial charge on any atom is -0.342 e. The molecule has 1 amide bonds. The fraction of sp³-hybridized carbons (Fsp3) is 0.312. The number of H-pyrrole nitrogens is 1. The van der Waals surface area contributed by atoms with Gasteiger partial charge >= 0.3 is 0 Å². The smallest absolute Gasteiger partial charge is 0.254 e. The van der Waals surface area contributed by atoms with E-state index < -0.39 is 0 Å². The molecule has 0 saturated heterocycles. The fourth-order valence-corrected chi connectivity index (χ4v) is 2.72. The van der Waals surface area contributed by atoms with Crippen LogP contribution in [0.4, 0.5) is 4.39 Å². The van der Waals surface area contributed by atoms with Crippen molar-refractivity contribution in [1.29, 1.82) is 0 Å². The minimum absolute atomic E-state index is 0.0603. The van der Waals surface area contributed by atoms with Crippen molar-refractivity contribution in [2.24, 2.45) is 0 Å². The molecule has 2 heterocycles. The number of fused-ring (bicyclic) bond motifs is 1. The van der Waals surface area contributed by atoms with E-state index in [1.165, 1.54) is 18.5 Å². The zero-order chi connectivity index (χ0) is 15.5. The highest BCUT2D eigenvalue weighted by Gasteiger charge is 2.21. The summed E-state index contributed by atoms with van der Waals surface area (Å²) >= 11 is 0. The Labute approximate surface area is 126 Å². The fourth-order valence-electron chi connectivity index (χ4n) is 2.72. The number of carbonyl (C=O) groups is 1. The first-order chi connectivity index (χ1) is 10.6. The number of aromatic nitrogens is 2. The molecule has 1 aromatic heterocycles. The Kier molecular flexibility index (Phi) is 4.00. The molecule has 114 valence electrons. The molecule has 0 saturated carbocycles. The molecular formula is C16H16FN3O2. The van der Waals surface area contributed by atoms with Crippen molar-refractivity contribution in [3.63, 3.8) is 0 Å². The second-order valence-electron chi connectivity index (χ2n) is 5.34. The Morgan fingerprint density at radius 2 is 2.14 bits per heavy atom. The van der Waals surface area contributed by atoms with Gasteiger partial charge in [0.2, 0.25) is 5.91 Å². The summed E-state index contributed by atoms with van der Waals surface area (Å²) in [7, 11) is 0. The lowest BCUT2D eigenvalue weighted by Gasteiger charge is -2.20. The van der Waals surface area contributed by atoms with Gasteiger partial charge in [0.1, 0.15) is 5.82 Å². The van der Waals surface area contributed by atoms with Crippen molar-refractivity contribution < 1.29 is 9.18 Å². The van der Waals surface area contributed by atoms with Crippen molar-refractivity contribution in [1.82, 2.24) is 14.9 Å². The van der Waals surface area contributed by atoms with Crippen molar-refractivity contribution >= 4 is 5.91 Å². The molecule has 0 bridgehead atoms. The molecule has 1 aliphatic heterocycles. The van der Waals surface area contributed by atoms with Crippen LogP contribution in [0.25, 0.3) is 0 Å². The highest BCUT2D eigenvalue weighted by atomic mass is 19.1. The Bertz CT molecular complexity index is 757. The van der Waals surface area contributed by atoms with Gasteiger partial charge in [-0.3, -0.25) is 9.59 Å². The predicted octanol–water partition coefficient (Wildman–Crippen LogP) is 1.08. The van der Waals surface area contributed by atoms with E-state index in [4.69, 9.17) is 0 Å². The summed E-state index contributed by atoms with van der Waals surface area (Å²) < 4.78 is 13.2. The first-order valence-corrected chi connectivity index (χ1v) is 7.21. The van der Waals surface area contributed by atoms with E-state index in [1.54, 1.807) is 17.0 Å². The highest BCUT2D eigenvalue weighted by molar-refractivity contribution is 5.78. The standard InChI is InChI=1S/C16H16FN3O2/c17-12-3-1-2-11(8-12)9-15(21)20-6-4-13-14(5-7-20)18-10-19-16(13)22/h1-3,8,10H,4-7,9H2,(H,18,19,22). The van der Waals surface area contributed by atoms with Crippen LogP contribution in [0.3, 0.4) is 0 Å². The number of hydrogen-bond acceptors (Lipinski definition) is 3. The van der Waals surface area contributed by atoms with Crippen LogP contribution in [0, 0.1) is 5.82 Å². The van der Waals surface area contributed by atoms with Crippen LogP contribution in [0.2, 0.25) is 0 Å². The van der Waals surface area contributed by atoms with Crippen LogP contribution < -0.4 is 5.56 Å². The maximum Gasteiger partial charge on any atom is 0.254 e. The van der Waals surface area contributed by atoms with E-state index in [2.05, 4.69) is 9.97 Å². The number of hydrogen-bond donors (Lipinski definition) is 1. The summed E-state index contributed by atoms with van der Waals surface area (Å²) in [5.41, 5.74) is 1.93.